The Hall–Kier alpha value is -2.46. The summed E-state index contributed by atoms with van der Waals surface area (Å²) in [4.78, 5) is 13.9. The van der Waals surface area contributed by atoms with E-state index in [9.17, 15) is 5.11 Å². The van der Waals surface area contributed by atoms with Crippen molar-refractivity contribution in [3.63, 3.8) is 0 Å². The average Bonchev–Trinajstić information content (AvgIpc) is 3.14. The van der Waals surface area contributed by atoms with Gasteiger partial charge in [0, 0.05) is 37.0 Å². The maximum absolute atomic E-state index is 10.4. The molecule has 0 aliphatic carbocycles. The number of hydrogen-bond acceptors (Lipinski definition) is 8. The fourth-order valence-electron chi connectivity index (χ4n) is 5.14. The molecular weight excluding hydrogens is 466 g/mol. The Morgan fingerprint density at radius 3 is 2.54 bits per heavy atom. The monoisotopic (exact) mass is 499 g/mol. The molecule has 5 heterocycles. The average molecular weight is 500 g/mol. The van der Waals surface area contributed by atoms with Gasteiger partial charge in [-0.25, -0.2) is 14.5 Å². The zero-order chi connectivity index (χ0) is 24.7. The number of fused-ring (bicyclic) bond motifs is 1. The molecule has 5 rings (SSSR count). The van der Waals surface area contributed by atoms with Crippen LogP contribution in [0.5, 0.6) is 0 Å². The summed E-state index contributed by atoms with van der Waals surface area (Å²) in [5.74, 6) is 2.21. The number of nitrogens with zero attached hydrogens (tertiary/aromatic N) is 6. The van der Waals surface area contributed by atoms with E-state index in [1.807, 2.05) is 31.4 Å². The summed E-state index contributed by atoms with van der Waals surface area (Å²) in [6.45, 7) is 11.2. The summed E-state index contributed by atoms with van der Waals surface area (Å²) in [7, 11) is 0. The minimum absolute atomic E-state index is 0.320. The van der Waals surface area contributed by atoms with Gasteiger partial charge in [0.25, 0.3) is 0 Å². The van der Waals surface area contributed by atoms with Gasteiger partial charge in [-0.15, -0.1) is 5.10 Å². The Kier molecular flexibility index (Phi) is 6.61. The highest BCUT2D eigenvalue weighted by molar-refractivity contribution is 6.30. The lowest BCUT2D eigenvalue weighted by atomic mass is 9.83. The molecule has 0 atom stereocenters. The van der Waals surface area contributed by atoms with E-state index < -0.39 is 5.60 Å². The van der Waals surface area contributed by atoms with Crippen LogP contribution in [0.2, 0.25) is 5.15 Å². The number of morpholine rings is 1. The number of rotatable bonds is 5. The van der Waals surface area contributed by atoms with E-state index in [1.165, 1.54) is 0 Å². The second-order valence-electron chi connectivity index (χ2n) is 10.2. The van der Waals surface area contributed by atoms with Crippen molar-refractivity contribution in [2.45, 2.75) is 45.8 Å². The van der Waals surface area contributed by atoms with Crippen LogP contribution in [0, 0.1) is 12.8 Å². The molecule has 9 nitrogen and oxygen atoms in total. The van der Waals surface area contributed by atoms with E-state index in [1.54, 1.807) is 6.20 Å². The Bertz CT molecular complexity index is 1210. The molecule has 3 aromatic heterocycles. The predicted octanol–water partition coefficient (Wildman–Crippen LogP) is 3.15. The zero-order valence-corrected chi connectivity index (χ0v) is 21.4. The number of anilines is 2. The molecule has 0 aromatic carbocycles. The first kappa shape index (κ1) is 24.2. The van der Waals surface area contributed by atoms with Crippen molar-refractivity contribution >= 4 is 28.8 Å². The van der Waals surface area contributed by atoms with E-state index in [2.05, 4.69) is 20.9 Å². The number of ether oxygens (including phenoxy) is 1. The van der Waals surface area contributed by atoms with Crippen molar-refractivity contribution in [1.82, 2.24) is 24.5 Å². The highest BCUT2D eigenvalue weighted by atomic mass is 35.5. The van der Waals surface area contributed by atoms with Crippen LogP contribution in [0.3, 0.4) is 0 Å². The molecule has 0 saturated carbocycles. The molecule has 3 N–H and O–H groups in total. The summed E-state index contributed by atoms with van der Waals surface area (Å²) in [6.07, 6.45) is 3.67. The molecule has 2 fully saturated rings. The maximum Gasteiger partial charge on any atom is 0.183 e. The number of likely N-dealkylation sites (tertiary alicyclic amines) is 1. The summed E-state index contributed by atoms with van der Waals surface area (Å²) in [6, 6.07) is 3.95. The van der Waals surface area contributed by atoms with Gasteiger partial charge in [0.15, 0.2) is 11.6 Å². The minimum Gasteiger partial charge on any atom is -0.390 e. The highest BCUT2D eigenvalue weighted by Crippen LogP contribution is 2.33. The molecule has 0 amide bonds. The Morgan fingerprint density at radius 1 is 1.17 bits per heavy atom. The Morgan fingerprint density at radius 2 is 1.89 bits per heavy atom. The number of pyridine rings is 1. The van der Waals surface area contributed by atoms with E-state index in [0.29, 0.717) is 35.9 Å². The largest absolute Gasteiger partial charge is 0.390 e. The van der Waals surface area contributed by atoms with Gasteiger partial charge in [0.1, 0.15) is 16.5 Å². The molecule has 2 aliphatic rings. The lowest BCUT2D eigenvalue weighted by molar-refractivity contribution is -0.0136. The van der Waals surface area contributed by atoms with Gasteiger partial charge < -0.3 is 20.5 Å². The third-order valence-corrected chi connectivity index (χ3v) is 7.69. The van der Waals surface area contributed by atoms with Crippen LogP contribution < -0.4 is 10.6 Å². The molecule has 35 heavy (non-hydrogen) atoms. The summed E-state index contributed by atoms with van der Waals surface area (Å²) in [5, 5.41) is 15.8. The topological polar surface area (TPSA) is 105 Å². The second kappa shape index (κ2) is 9.54. The third kappa shape index (κ3) is 4.95. The van der Waals surface area contributed by atoms with Crippen LogP contribution in [-0.4, -0.2) is 74.6 Å². The fraction of sp³-hybridized carbons (Fsp3) is 0.560. The lowest BCUT2D eigenvalue weighted by Gasteiger charge is -2.37. The molecular formula is C25H34ClN7O2. The SMILES string of the molecule is Cc1cc(N)ncc1-c1nc(N2CCOCC2)c2cc(CN3CCC(C(C)(C)O)CC3)c(Cl)n2n1. The van der Waals surface area contributed by atoms with Crippen molar-refractivity contribution in [2.75, 3.05) is 50.0 Å². The van der Waals surface area contributed by atoms with Crippen molar-refractivity contribution < 1.29 is 9.84 Å². The van der Waals surface area contributed by atoms with Gasteiger partial charge in [-0.3, -0.25) is 4.90 Å². The van der Waals surface area contributed by atoms with Crippen LogP contribution in [-0.2, 0) is 11.3 Å². The number of piperidine rings is 1. The third-order valence-electron chi connectivity index (χ3n) is 7.29. The van der Waals surface area contributed by atoms with Crippen LogP contribution >= 0.6 is 11.6 Å². The Balaban J connectivity index is 1.51. The van der Waals surface area contributed by atoms with Crippen molar-refractivity contribution in [3.05, 3.63) is 34.6 Å². The predicted molar refractivity (Wildman–Crippen MR) is 138 cm³/mol. The molecule has 2 aliphatic heterocycles. The van der Waals surface area contributed by atoms with Crippen LogP contribution in [0.1, 0.15) is 37.8 Å². The van der Waals surface area contributed by atoms with Crippen LogP contribution in [0.25, 0.3) is 16.9 Å². The highest BCUT2D eigenvalue weighted by Gasteiger charge is 2.31. The zero-order valence-electron chi connectivity index (χ0n) is 20.7. The van der Waals surface area contributed by atoms with Crippen LogP contribution in [0.4, 0.5) is 11.6 Å². The molecule has 0 unspecified atom stereocenters. The Labute approximate surface area is 210 Å². The van der Waals surface area contributed by atoms with Crippen molar-refractivity contribution in [2.24, 2.45) is 5.92 Å². The van der Waals surface area contributed by atoms with E-state index in [4.69, 9.17) is 32.2 Å². The van der Waals surface area contributed by atoms with E-state index >= 15 is 0 Å². The van der Waals surface area contributed by atoms with Gasteiger partial charge in [-0.2, -0.15) is 0 Å². The van der Waals surface area contributed by atoms with Gasteiger partial charge in [-0.1, -0.05) is 11.6 Å². The fourth-order valence-corrected chi connectivity index (χ4v) is 5.39. The number of halogens is 1. The summed E-state index contributed by atoms with van der Waals surface area (Å²) < 4.78 is 7.38. The van der Waals surface area contributed by atoms with Crippen molar-refractivity contribution in [3.8, 4) is 11.4 Å². The molecule has 0 radical (unpaired) electrons. The maximum atomic E-state index is 10.4. The molecule has 0 spiro atoms. The number of hydrogen-bond donors (Lipinski definition) is 2. The molecule has 188 valence electrons. The normalized spacial score (nSPS) is 18.5. The molecule has 10 heteroatoms. The number of aromatic nitrogens is 4. The summed E-state index contributed by atoms with van der Waals surface area (Å²) >= 11 is 6.94. The summed E-state index contributed by atoms with van der Waals surface area (Å²) in [5.41, 5.74) is 8.95. The number of nitrogens with two attached hydrogens (primary N) is 1. The van der Waals surface area contributed by atoms with Gasteiger partial charge in [0.05, 0.1) is 18.8 Å². The number of aliphatic hydroxyl groups is 1. The minimum atomic E-state index is -0.636. The van der Waals surface area contributed by atoms with Crippen LogP contribution in [0.15, 0.2) is 18.3 Å². The van der Waals surface area contributed by atoms with Gasteiger partial charge in [-0.05, 0) is 70.3 Å². The second-order valence-corrected chi connectivity index (χ2v) is 10.6. The number of nitrogen functional groups attached to an aromatic ring is 1. The quantitative estimate of drug-likeness (QED) is 0.551. The van der Waals surface area contributed by atoms with Crippen molar-refractivity contribution in [1.29, 1.82) is 0 Å². The van der Waals surface area contributed by atoms with E-state index in [0.717, 1.165) is 73.6 Å². The first-order chi connectivity index (χ1) is 16.7. The molecule has 3 aromatic rings. The van der Waals surface area contributed by atoms with E-state index in [-0.39, 0.29) is 0 Å². The van der Waals surface area contributed by atoms with Gasteiger partial charge in [0.2, 0.25) is 0 Å². The molecule has 2 saturated heterocycles. The lowest BCUT2D eigenvalue weighted by Crippen LogP contribution is -2.41. The first-order valence-corrected chi connectivity index (χ1v) is 12.7. The first-order valence-electron chi connectivity index (χ1n) is 12.3. The molecule has 0 bridgehead atoms. The number of aryl methyl sites for hydroxylation is 1. The standard InChI is InChI=1S/C25H34ClN7O2/c1-16-12-21(27)28-14-19(16)23-29-24(32-8-10-35-11-9-32)20-13-17(22(26)33(20)30-23)15-31-6-4-18(5-7-31)25(2,3)34/h12-14,18,34H,4-11,15H2,1-3H3,(H2,27,28). The van der Waals surface area contributed by atoms with Gasteiger partial charge >= 0.3 is 0 Å². The smallest absolute Gasteiger partial charge is 0.183 e.